The minimum atomic E-state index is -0.531. The Bertz CT molecular complexity index is 1190. The van der Waals surface area contributed by atoms with E-state index >= 15 is 0 Å². The number of hydrogen-bond donors (Lipinski definition) is 0. The number of halogens is 2. The highest BCUT2D eigenvalue weighted by atomic mass is 35.5. The molecule has 0 spiro atoms. The predicted molar refractivity (Wildman–Crippen MR) is 129 cm³/mol. The van der Waals surface area contributed by atoms with Crippen LogP contribution in [-0.4, -0.2) is 47.7 Å². The molecule has 3 heterocycles. The first-order valence-corrected chi connectivity index (χ1v) is 11.6. The van der Waals surface area contributed by atoms with Gasteiger partial charge in [-0.2, -0.15) is 0 Å². The fraction of sp³-hybridized carbons (Fsp3) is 0.360. The van der Waals surface area contributed by atoms with E-state index in [9.17, 15) is 9.59 Å². The average molecular weight is 489 g/mol. The summed E-state index contributed by atoms with van der Waals surface area (Å²) in [6.07, 6.45) is 3.60. The van der Waals surface area contributed by atoms with Crippen LogP contribution in [0.4, 0.5) is 0 Å². The smallest absolute Gasteiger partial charge is 0.340 e. The Morgan fingerprint density at radius 2 is 2.00 bits per heavy atom. The number of aryl methyl sites for hydroxylation is 1. The van der Waals surface area contributed by atoms with Gasteiger partial charge in [0.1, 0.15) is 0 Å². The number of benzene rings is 1. The van der Waals surface area contributed by atoms with Gasteiger partial charge in [0, 0.05) is 28.7 Å². The Balaban J connectivity index is 1.77. The minimum Gasteiger partial charge on any atom is -0.465 e. The molecule has 8 heteroatoms. The van der Waals surface area contributed by atoms with Gasteiger partial charge in [0.25, 0.3) is 5.91 Å². The second-order valence-electron chi connectivity index (χ2n) is 8.32. The van der Waals surface area contributed by atoms with Crippen molar-refractivity contribution in [1.82, 2.24) is 9.47 Å². The standard InChI is InChI=1S/C25H26Cl2N2O4/c1-14-10-17(15(2)29(14)22-8-7-18(26)12-21(22)27)11-20-23(25(31)32-4)16(3)28(24(20)30)13-19-6-5-9-33-19/h7-8,10-12,19H,5-6,9,13H2,1-4H3. The molecule has 0 bridgehead atoms. The normalized spacial score (nSPS) is 19.8. The third-order valence-corrected chi connectivity index (χ3v) is 6.77. The Hall–Kier alpha value is -2.54. The molecule has 33 heavy (non-hydrogen) atoms. The van der Waals surface area contributed by atoms with Gasteiger partial charge in [0.2, 0.25) is 0 Å². The lowest BCUT2D eigenvalue weighted by Crippen LogP contribution is -2.33. The second-order valence-corrected chi connectivity index (χ2v) is 9.16. The molecule has 1 atom stereocenters. The zero-order valence-corrected chi connectivity index (χ0v) is 20.6. The number of allylic oxidation sites excluding steroid dienone is 1. The van der Waals surface area contributed by atoms with Crippen LogP contribution in [0.5, 0.6) is 0 Å². The van der Waals surface area contributed by atoms with Gasteiger partial charge in [-0.1, -0.05) is 23.2 Å². The number of nitrogens with zero attached hydrogens (tertiary/aromatic N) is 2. The van der Waals surface area contributed by atoms with Crippen molar-refractivity contribution in [2.24, 2.45) is 0 Å². The predicted octanol–water partition coefficient (Wildman–Crippen LogP) is 5.25. The molecule has 1 aromatic heterocycles. The lowest BCUT2D eigenvalue weighted by molar-refractivity contribution is -0.136. The van der Waals surface area contributed by atoms with Crippen LogP contribution in [0, 0.1) is 13.8 Å². The van der Waals surface area contributed by atoms with Crippen LogP contribution < -0.4 is 0 Å². The molecular weight excluding hydrogens is 463 g/mol. The fourth-order valence-corrected chi connectivity index (χ4v) is 5.06. The van der Waals surface area contributed by atoms with Crippen LogP contribution in [0.2, 0.25) is 10.0 Å². The lowest BCUT2D eigenvalue weighted by Gasteiger charge is -2.21. The highest BCUT2D eigenvalue weighted by molar-refractivity contribution is 6.35. The van der Waals surface area contributed by atoms with Crippen molar-refractivity contribution >= 4 is 41.2 Å². The van der Waals surface area contributed by atoms with Gasteiger partial charge in [-0.05, 0) is 69.5 Å². The summed E-state index contributed by atoms with van der Waals surface area (Å²) in [4.78, 5) is 27.7. The highest BCUT2D eigenvalue weighted by Crippen LogP contribution is 2.35. The number of carbonyl (C=O) groups excluding carboxylic acids is 2. The number of rotatable bonds is 5. The van der Waals surface area contributed by atoms with Crippen LogP contribution in [0.15, 0.2) is 41.1 Å². The van der Waals surface area contributed by atoms with Crippen molar-refractivity contribution in [2.75, 3.05) is 20.3 Å². The van der Waals surface area contributed by atoms with Crippen LogP contribution in [0.3, 0.4) is 0 Å². The summed E-state index contributed by atoms with van der Waals surface area (Å²) in [5.41, 5.74) is 4.62. The van der Waals surface area contributed by atoms with Crippen LogP contribution >= 0.6 is 23.2 Å². The Morgan fingerprint density at radius 1 is 1.24 bits per heavy atom. The summed E-state index contributed by atoms with van der Waals surface area (Å²) in [5, 5.41) is 1.08. The summed E-state index contributed by atoms with van der Waals surface area (Å²) in [6.45, 7) is 6.80. The number of carbonyl (C=O) groups is 2. The maximum atomic E-state index is 13.4. The molecule has 0 N–H and O–H groups in total. The van der Waals surface area contributed by atoms with E-state index in [2.05, 4.69) is 0 Å². The van der Waals surface area contributed by atoms with Crippen molar-refractivity contribution in [1.29, 1.82) is 0 Å². The van der Waals surface area contributed by atoms with Crippen LogP contribution in [0.1, 0.15) is 36.7 Å². The van der Waals surface area contributed by atoms with E-state index in [0.29, 0.717) is 34.5 Å². The quantitative estimate of drug-likeness (QED) is 0.425. The molecule has 0 radical (unpaired) electrons. The minimum absolute atomic E-state index is 0.0285. The van der Waals surface area contributed by atoms with E-state index in [4.69, 9.17) is 32.7 Å². The van der Waals surface area contributed by atoms with E-state index in [-0.39, 0.29) is 17.6 Å². The van der Waals surface area contributed by atoms with E-state index in [0.717, 1.165) is 35.5 Å². The monoisotopic (exact) mass is 488 g/mol. The van der Waals surface area contributed by atoms with Gasteiger partial charge < -0.3 is 18.9 Å². The maximum Gasteiger partial charge on any atom is 0.340 e. The van der Waals surface area contributed by atoms with Crippen LogP contribution in [0.25, 0.3) is 11.8 Å². The van der Waals surface area contributed by atoms with Crippen molar-refractivity contribution < 1.29 is 19.1 Å². The van der Waals surface area contributed by atoms with Gasteiger partial charge >= 0.3 is 5.97 Å². The Morgan fingerprint density at radius 3 is 2.64 bits per heavy atom. The SMILES string of the molecule is COC(=O)C1=C(C)N(CC2CCCO2)C(=O)C1=Cc1cc(C)n(-c2ccc(Cl)cc2Cl)c1C. The molecule has 1 fully saturated rings. The first kappa shape index (κ1) is 23.6. The molecule has 0 aliphatic carbocycles. The first-order chi connectivity index (χ1) is 15.7. The molecule has 174 valence electrons. The van der Waals surface area contributed by atoms with Gasteiger partial charge in [-0.3, -0.25) is 4.79 Å². The molecule has 2 aliphatic rings. The molecule has 2 aromatic rings. The van der Waals surface area contributed by atoms with Crippen molar-refractivity contribution in [3.8, 4) is 5.69 Å². The maximum absolute atomic E-state index is 13.4. The molecule has 1 saturated heterocycles. The molecule has 1 unspecified atom stereocenters. The summed E-state index contributed by atoms with van der Waals surface area (Å²) in [6, 6.07) is 7.30. The van der Waals surface area contributed by atoms with Crippen molar-refractivity contribution in [2.45, 2.75) is 39.7 Å². The number of ether oxygens (including phenoxy) is 2. The van der Waals surface area contributed by atoms with E-state index in [1.54, 1.807) is 30.0 Å². The van der Waals surface area contributed by atoms with Crippen molar-refractivity contribution in [3.05, 3.63) is 68.1 Å². The topological polar surface area (TPSA) is 60.8 Å². The van der Waals surface area contributed by atoms with E-state index < -0.39 is 5.97 Å². The molecule has 0 saturated carbocycles. The molecular formula is C25H26Cl2N2O4. The number of esters is 1. The summed E-state index contributed by atoms with van der Waals surface area (Å²) < 4.78 is 12.7. The third kappa shape index (κ3) is 4.35. The molecule has 2 aliphatic heterocycles. The highest BCUT2D eigenvalue weighted by Gasteiger charge is 2.38. The van der Waals surface area contributed by atoms with E-state index in [1.807, 2.05) is 30.5 Å². The molecule has 1 aromatic carbocycles. The van der Waals surface area contributed by atoms with E-state index in [1.165, 1.54) is 7.11 Å². The number of amides is 1. The first-order valence-electron chi connectivity index (χ1n) is 10.8. The zero-order valence-electron chi connectivity index (χ0n) is 19.1. The lowest BCUT2D eigenvalue weighted by atomic mass is 10.0. The molecule has 1 amide bonds. The summed E-state index contributed by atoms with van der Waals surface area (Å²) >= 11 is 12.5. The largest absolute Gasteiger partial charge is 0.465 e. The summed E-state index contributed by atoms with van der Waals surface area (Å²) in [5.74, 6) is -0.755. The average Bonchev–Trinajstić information content (AvgIpc) is 3.44. The van der Waals surface area contributed by atoms with Gasteiger partial charge in [-0.15, -0.1) is 0 Å². The van der Waals surface area contributed by atoms with Crippen molar-refractivity contribution in [3.63, 3.8) is 0 Å². The zero-order chi connectivity index (χ0) is 23.9. The molecule has 6 nitrogen and oxygen atoms in total. The van der Waals surface area contributed by atoms with Gasteiger partial charge in [0.15, 0.2) is 0 Å². The Labute approximate surface area is 203 Å². The Kier molecular flexibility index (Phi) is 6.71. The number of methoxy groups -OCH3 is 1. The fourth-order valence-electron chi connectivity index (χ4n) is 4.56. The second kappa shape index (κ2) is 9.37. The summed E-state index contributed by atoms with van der Waals surface area (Å²) in [7, 11) is 1.32. The third-order valence-electron chi connectivity index (χ3n) is 6.23. The van der Waals surface area contributed by atoms with Gasteiger partial charge in [-0.25, -0.2) is 4.79 Å². The molecule has 4 rings (SSSR count). The van der Waals surface area contributed by atoms with Gasteiger partial charge in [0.05, 0.1) is 41.6 Å². The number of aromatic nitrogens is 1. The number of hydrogen-bond acceptors (Lipinski definition) is 4. The van der Waals surface area contributed by atoms with Crippen LogP contribution in [-0.2, 0) is 19.1 Å².